The molecule has 18 nitrogen and oxygen atoms in total. The van der Waals surface area contributed by atoms with E-state index < -0.39 is 94.8 Å². The number of likely N-dealkylation sites (tertiary alicyclic amines) is 1. The summed E-state index contributed by atoms with van der Waals surface area (Å²) in [6.07, 6.45) is 0.922. The summed E-state index contributed by atoms with van der Waals surface area (Å²) in [4.78, 5) is 103. The number of thiazole rings is 1. The SMILES string of the molecule is Cc1ncsc1-c1ccc([C@H](C)NC(=O)[C@@H]2C[C@@H](O)CN2C(=O)[C@@H](NC(=O)CCCCCc2cc(Cl)cc(OC[C@H](CCC(N)=O)NC(=O)[C@@H]3Cc4cccc5c4N3C(=O)[C@@H](NC(=O)OC(C)(C)C)CC5)c2F)C(C)(C)C)cc1. The number of halogens is 2. The number of aryl methyl sites for hydroxylation is 3. The monoisotopic (exact) mass is 1130 g/mol. The number of aliphatic hydroxyl groups is 1. The van der Waals surface area contributed by atoms with E-state index in [2.05, 4.69) is 26.3 Å². The number of carbonyl (C=O) groups is 7. The van der Waals surface area contributed by atoms with Crippen LogP contribution in [0.25, 0.3) is 10.4 Å². The van der Waals surface area contributed by atoms with E-state index in [0.717, 1.165) is 32.8 Å². The first kappa shape index (κ1) is 60.0. The Hall–Kier alpha value is -6.64. The summed E-state index contributed by atoms with van der Waals surface area (Å²) in [6.45, 7) is 14.1. The standard InChI is InChI=1S/C58H74ClFN8O10S/c1-32(34-17-19-36(20-18-34)50-33(2)62-31-79-50)63-52(72)43-28-41(69)29-67(43)55(75)51(57(3,4)5)66-47(71)16-11-9-10-13-37-25-39(59)27-45(48(37)60)77-30-40(22-24-46(61)70)64-53(73)44-26-38-15-12-14-35-21-23-42(54(74)68(44)49(35)38)65-56(76)78-58(6,7)8/h12,14-15,17-20,25,27,31-32,40-44,51,69H,9-11,13,16,21-24,26,28-30H2,1-8H3,(H2,61,70)(H,63,72)(H,64,73)(H,65,76)(H,66,71)/t32-,40-,41+,42-,43-,44-,51+/m0/s1. The third-order valence-corrected chi connectivity index (χ3v) is 15.6. The number of rotatable bonds is 21. The number of amides is 7. The Labute approximate surface area is 470 Å². The van der Waals surface area contributed by atoms with E-state index in [0.29, 0.717) is 31.4 Å². The maximum atomic E-state index is 16.2. The van der Waals surface area contributed by atoms with Crippen LogP contribution in [0.1, 0.15) is 134 Å². The van der Waals surface area contributed by atoms with Crippen LogP contribution >= 0.6 is 22.9 Å². The Morgan fingerprint density at radius 3 is 2.32 bits per heavy atom. The number of unbranched alkanes of at least 4 members (excludes halogenated alkanes) is 2. The zero-order valence-corrected chi connectivity index (χ0v) is 47.8. The molecule has 1 fully saturated rings. The fraction of sp³-hybridized carbons (Fsp3) is 0.517. The highest BCUT2D eigenvalue weighted by Crippen LogP contribution is 2.40. The number of nitrogens with one attached hydrogen (secondary N) is 4. The molecule has 7 N–H and O–H groups in total. The van der Waals surface area contributed by atoms with Crippen molar-refractivity contribution >= 4 is 70.2 Å². The largest absolute Gasteiger partial charge is 0.488 e. The van der Waals surface area contributed by atoms with Crippen molar-refractivity contribution in [2.75, 3.05) is 18.1 Å². The molecule has 7 rings (SSSR count). The van der Waals surface area contributed by atoms with E-state index in [1.54, 1.807) is 37.6 Å². The van der Waals surface area contributed by atoms with E-state index in [9.17, 15) is 38.7 Å². The number of benzene rings is 3. The molecule has 0 unspecified atom stereocenters. The molecule has 0 spiro atoms. The zero-order valence-electron chi connectivity index (χ0n) is 46.2. The molecular formula is C58H74ClFN8O10S. The Kier molecular flexibility index (Phi) is 19.5. The number of aliphatic hydroxyl groups excluding tert-OH is 1. The van der Waals surface area contributed by atoms with Crippen molar-refractivity contribution in [2.45, 2.75) is 174 Å². The molecule has 7 atom stereocenters. The normalized spacial score (nSPS) is 19.2. The van der Waals surface area contributed by atoms with Gasteiger partial charge in [0.1, 0.15) is 36.4 Å². The predicted molar refractivity (Wildman–Crippen MR) is 299 cm³/mol. The number of primary amides is 1. The van der Waals surface area contributed by atoms with Crippen molar-refractivity contribution in [3.63, 3.8) is 0 Å². The van der Waals surface area contributed by atoms with Crippen molar-refractivity contribution in [2.24, 2.45) is 11.1 Å². The molecule has 0 bridgehead atoms. The van der Waals surface area contributed by atoms with Gasteiger partial charge in [-0.05, 0) is 112 Å². The number of β-amino-alcohol motifs (C(OH)–C–C–N with tert-alkyl or cyclic N) is 1. The van der Waals surface area contributed by atoms with Crippen molar-refractivity contribution in [3.8, 4) is 16.2 Å². The van der Waals surface area contributed by atoms with Crippen LogP contribution in [0.2, 0.25) is 5.02 Å². The highest BCUT2D eigenvalue weighted by Gasteiger charge is 2.46. The van der Waals surface area contributed by atoms with Crippen LogP contribution in [0, 0.1) is 18.2 Å². The quantitative estimate of drug-likeness (QED) is 0.0451. The minimum absolute atomic E-state index is 0.0417. The van der Waals surface area contributed by atoms with Gasteiger partial charge >= 0.3 is 6.09 Å². The van der Waals surface area contributed by atoms with Gasteiger partial charge < -0.3 is 46.5 Å². The Morgan fingerprint density at radius 1 is 0.937 bits per heavy atom. The first-order valence-electron chi connectivity index (χ1n) is 27.0. The number of hydrogen-bond donors (Lipinski definition) is 6. The van der Waals surface area contributed by atoms with Crippen LogP contribution in [0.15, 0.2) is 60.1 Å². The van der Waals surface area contributed by atoms with E-state index in [-0.39, 0.29) is 80.3 Å². The van der Waals surface area contributed by atoms with Crippen LogP contribution in [0.3, 0.4) is 0 Å². The third-order valence-electron chi connectivity index (χ3n) is 14.4. The van der Waals surface area contributed by atoms with Crippen LogP contribution < -0.4 is 36.6 Å². The number of nitrogens with zero attached hydrogens (tertiary/aromatic N) is 3. The van der Waals surface area contributed by atoms with Crippen molar-refractivity contribution in [1.82, 2.24) is 31.2 Å². The maximum Gasteiger partial charge on any atom is 0.408 e. The summed E-state index contributed by atoms with van der Waals surface area (Å²) >= 11 is 8.03. The van der Waals surface area contributed by atoms with E-state index in [4.69, 9.17) is 26.8 Å². The number of anilines is 1. The molecule has 4 heterocycles. The van der Waals surface area contributed by atoms with Gasteiger partial charge in [0.25, 0.3) is 0 Å². The zero-order chi connectivity index (χ0) is 57.5. The minimum atomic E-state index is -1.01. The fourth-order valence-electron chi connectivity index (χ4n) is 10.4. The molecule has 0 aliphatic carbocycles. The van der Waals surface area contributed by atoms with E-state index >= 15 is 4.39 Å². The average molecular weight is 1130 g/mol. The molecule has 1 saturated heterocycles. The second-order valence-electron chi connectivity index (χ2n) is 22.9. The number of nitrogens with two attached hydrogens (primary N) is 1. The summed E-state index contributed by atoms with van der Waals surface area (Å²) in [5.41, 5.74) is 11.1. The molecule has 79 heavy (non-hydrogen) atoms. The van der Waals surface area contributed by atoms with Gasteiger partial charge in [-0.2, -0.15) is 0 Å². The Morgan fingerprint density at radius 2 is 1.65 bits per heavy atom. The highest BCUT2D eigenvalue weighted by molar-refractivity contribution is 7.13. The second kappa shape index (κ2) is 25.6. The molecule has 426 valence electrons. The van der Waals surface area contributed by atoms with Gasteiger partial charge in [0, 0.05) is 43.3 Å². The lowest BCUT2D eigenvalue weighted by molar-refractivity contribution is -0.144. The summed E-state index contributed by atoms with van der Waals surface area (Å²) < 4.78 is 27.6. The minimum Gasteiger partial charge on any atom is -0.488 e. The third kappa shape index (κ3) is 15.4. The number of aromatic nitrogens is 1. The fourth-order valence-corrected chi connectivity index (χ4v) is 11.4. The van der Waals surface area contributed by atoms with Crippen LogP contribution in [0.5, 0.6) is 5.75 Å². The predicted octanol–water partition coefficient (Wildman–Crippen LogP) is 7.31. The first-order chi connectivity index (χ1) is 37.3. The van der Waals surface area contributed by atoms with Crippen LogP contribution in [-0.2, 0) is 52.8 Å². The second-order valence-corrected chi connectivity index (χ2v) is 24.2. The van der Waals surface area contributed by atoms with Gasteiger partial charge in [0.2, 0.25) is 35.4 Å². The number of hydrogen-bond acceptors (Lipinski definition) is 12. The summed E-state index contributed by atoms with van der Waals surface area (Å²) in [5.74, 6) is -3.74. The molecular weight excluding hydrogens is 1060 g/mol. The number of ether oxygens (including phenoxy) is 2. The van der Waals surface area contributed by atoms with Crippen LogP contribution in [0.4, 0.5) is 14.9 Å². The van der Waals surface area contributed by atoms with Crippen molar-refractivity contribution in [1.29, 1.82) is 0 Å². The van der Waals surface area contributed by atoms with Gasteiger partial charge in [0.15, 0.2) is 11.6 Å². The highest BCUT2D eigenvalue weighted by atomic mass is 35.5. The van der Waals surface area contributed by atoms with Crippen molar-refractivity contribution in [3.05, 3.63) is 98.9 Å². The van der Waals surface area contributed by atoms with E-state index in [1.807, 2.05) is 77.1 Å². The molecule has 21 heteroatoms. The van der Waals surface area contributed by atoms with Gasteiger partial charge in [-0.3, -0.25) is 33.7 Å². The lowest BCUT2D eigenvalue weighted by Crippen LogP contribution is -2.57. The van der Waals surface area contributed by atoms with E-state index in [1.165, 1.54) is 21.9 Å². The molecule has 3 aliphatic rings. The molecule has 7 amide bonds. The summed E-state index contributed by atoms with van der Waals surface area (Å²) in [6, 6.07) is 11.1. The average Bonchev–Trinajstić information content (AvgIpc) is 4.25. The van der Waals surface area contributed by atoms with Gasteiger partial charge in [0.05, 0.1) is 40.0 Å². The molecule has 3 aliphatic heterocycles. The molecule has 1 aromatic heterocycles. The Bertz CT molecular complexity index is 2910. The Balaban J connectivity index is 0.915. The lowest BCUT2D eigenvalue weighted by Gasteiger charge is -2.35. The molecule has 3 aromatic carbocycles. The smallest absolute Gasteiger partial charge is 0.408 e. The van der Waals surface area contributed by atoms with Crippen molar-refractivity contribution < 1.29 is 52.5 Å². The number of alkyl carbamates (subject to hydrolysis) is 1. The molecule has 0 saturated carbocycles. The maximum absolute atomic E-state index is 16.2. The lowest BCUT2D eigenvalue weighted by atomic mass is 9.85. The molecule has 0 radical (unpaired) electrons. The summed E-state index contributed by atoms with van der Waals surface area (Å²) in [5, 5.41) is 22.4. The van der Waals surface area contributed by atoms with Gasteiger partial charge in [-0.15, -0.1) is 11.3 Å². The number of carbonyl (C=O) groups excluding carboxylic acids is 7. The topological polar surface area (TPSA) is 252 Å². The summed E-state index contributed by atoms with van der Waals surface area (Å²) in [7, 11) is 0. The van der Waals surface area contributed by atoms with Crippen LogP contribution in [-0.4, -0.2) is 112 Å². The molecule has 4 aromatic rings. The first-order valence-corrected chi connectivity index (χ1v) is 28.2. The van der Waals surface area contributed by atoms with Gasteiger partial charge in [-0.1, -0.05) is 81.3 Å². The van der Waals surface area contributed by atoms with Gasteiger partial charge in [-0.25, -0.2) is 14.2 Å². The number of para-hydroxylation sites is 1.